The highest BCUT2D eigenvalue weighted by Gasteiger charge is 2.19. The molecule has 11 heteroatoms. The fourth-order valence-corrected chi connectivity index (χ4v) is 3.38. The van der Waals surface area contributed by atoms with E-state index in [1.807, 2.05) is 0 Å². The number of benzene rings is 3. The second-order valence-corrected chi connectivity index (χ2v) is 7.02. The average molecular weight is 360 g/mol. The van der Waals surface area contributed by atoms with Gasteiger partial charge in [0.2, 0.25) is 0 Å². The maximum Gasteiger partial charge on any atom is 0.127 e. The molecule has 0 unspecified atom stereocenters. The van der Waals surface area contributed by atoms with E-state index in [1.165, 1.54) is 6.07 Å². The van der Waals surface area contributed by atoms with E-state index in [2.05, 4.69) is 0 Å². The van der Waals surface area contributed by atoms with E-state index in [0.29, 0.717) is 5.56 Å². The molecule has 0 heterocycles. The van der Waals surface area contributed by atoms with Crippen LogP contribution in [0.3, 0.4) is 0 Å². The largest absolute Gasteiger partial charge is 0.207 e. The van der Waals surface area contributed by atoms with Gasteiger partial charge in [0.15, 0.2) is 0 Å². The molecular formula is C19H5B10F. The van der Waals surface area contributed by atoms with E-state index in [0.717, 1.165) is 0 Å². The lowest BCUT2D eigenvalue weighted by Crippen LogP contribution is -2.55. The van der Waals surface area contributed by atoms with Crippen LogP contribution in [-0.4, -0.2) is 78.5 Å². The molecule has 0 spiro atoms. The molecule has 0 fully saturated rings. The third kappa shape index (κ3) is 3.39. The first-order valence-corrected chi connectivity index (χ1v) is 8.73. The number of hydrogen-bond acceptors (Lipinski definition) is 0. The van der Waals surface area contributed by atoms with E-state index in [9.17, 15) is 4.39 Å². The van der Waals surface area contributed by atoms with Crippen LogP contribution in [0.1, 0.15) is 5.56 Å². The van der Waals surface area contributed by atoms with Crippen LogP contribution in [0, 0.1) is 12.7 Å². The minimum atomic E-state index is -0.581. The maximum atomic E-state index is 15.0. The summed E-state index contributed by atoms with van der Waals surface area (Å²) in [6.45, 7) is 1.55. The SMILES string of the molecule is [B]c1c([B])c([B])c(-c2cc(F)c(C)c(-c3c([B])c([B])c([B])c([B])c3[B])c2)c([B])c1[B]. The highest BCUT2D eigenvalue weighted by atomic mass is 19.1. The van der Waals surface area contributed by atoms with Gasteiger partial charge in [-0.25, -0.2) is 4.39 Å². The van der Waals surface area contributed by atoms with Crippen LogP contribution in [-0.2, 0) is 0 Å². The Bertz CT molecular complexity index is 1160. The lowest BCUT2D eigenvalue weighted by Gasteiger charge is -2.25. The zero-order chi connectivity index (χ0) is 22.7. The van der Waals surface area contributed by atoms with Gasteiger partial charge in [0, 0.05) is 0 Å². The van der Waals surface area contributed by atoms with Crippen molar-refractivity contribution in [3.05, 3.63) is 23.5 Å². The smallest absolute Gasteiger partial charge is 0.127 e. The Hall–Kier alpha value is -1.76. The predicted octanol–water partition coefficient (Wildman–Crippen LogP) is -6.59. The van der Waals surface area contributed by atoms with Gasteiger partial charge in [-0.05, 0) is 46.9 Å². The monoisotopic (exact) mass is 362 g/mol. The molecule has 0 atom stereocenters. The summed E-state index contributed by atoms with van der Waals surface area (Å²) < 4.78 is 15.0. The van der Waals surface area contributed by atoms with Crippen LogP contribution in [0.15, 0.2) is 12.1 Å². The summed E-state index contributed by atoms with van der Waals surface area (Å²) >= 11 is 0. The van der Waals surface area contributed by atoms with E-state index in [-0.39, 0.29) is 76.9 Å². The molecule has 3 aromatic carbocycles. The molecule has 0 N–H and O–H groups in total. The van der Waals surface area contributed by atoms with Gasteiger partial charge in [0.05, 0.1) is 0 Å². The topological polar surface area (TPSA) is 0 Å². The summed E-state index contributed by atoms with van der Waals surface area (Å²) in [6, 6.07) is 2.83. The molecule has 0 saturated heterocycles. The van der Waals surface area contributed by atoms with Gasteiger partial charge in [-0.1, -0.05) is 21.9 Å². The van der Waals surface area contributed by atoms with Crippen molar-refractivity contribution >= 4 is 133 Å². The van der Waals surface area contributed by atoms with Crippen LogP contribution in [0.25, 0.3) is 22.3 Å². The van der Waals surface area contributed by atoms with Crippen LogP contribution < -0.4 is 54.6 Å². The first-order valence-electron chi connectivity index (χ1n) is 8.73. The Kier molecular flexibility index (Phi) is 6.16. The molecule has 20 radical (unpaired) electrons. The summed E-state index contributed by atoms with van der Waals surface area (Å²) in [5, 5.41) is 0. The molecule has 0 bridgehead atoms. The molecule has 0 aromatic heterocycles. The van der Waals surface area contributed by atoms with Crippen molar-refractivity contribution in [2.75, 3.05) is 0 Å². The van der Waals surface area contributed by atoms with Crippen molar-refractivity contribution in [2.24, 2.45) is 0 Å². The van der Waals surface area contributed by atoms with Gasteiger partial charge in [-0.2, -0.15) is 0 Å². The Morgan fingerprint density at radius 2 is 0.833 bits per heavy atom. The lowest BCUT2D eigenvalue weighted by atomic mass is 9.59. The van der Waals surface area contributed by atoms with E-state index in [1.54, 1.807) is 13.0 Å². The fourth-order valence-electron chi connectivity index (χ4n) is 3.38. The van der Waals surface area contributed by atoms with Gasteiger partial charge in [0.1, 0.15) is 84.3 Å². The van der Waals surface area contributed by atoms with Gasteiger partial charge in [-0.15, -0.1) is 32.8 Å². The summed E-state index contributed by atoms with van der Waals surface area (Å²) in [6.07, 6.45) is 0. The molecule has 0 aliphatic rings. The van der Waals surface area contributed by atoms with Crippen LogP contribution in [0.2, 0.25) is 0 Å². The summed E-state index contributed by atoms with van der Waals surface area (Å²) in [5.74, 6) is -0.581. The first kappa shape index (κ1) is 22.9. The lowest BCUT2D eigenvalue weighted by molar-refractivity contribution is 0.620. The highest BCUT2D eigenvalue weighted by molar-refractivity contribution is 6.70. The average Bonchev–Trinajstić information content (AvgIpc) is 2.71. The first-order chi connectivity index (χ1) is 13.9. The van der Waals surface area contributed by atoms with Crippen molar-refractivity contribution in [3.8, 4) is 22.3 Å². The van der Waals surface area contributed by atoms with Crippen molar-refractivity contribution < 1.29 is 4.39 Å². The number of hydrogen-bond donors (Lipinski definition) is 0. The van der Waals surface area contributed by atoms with Crippen molar-refractivity contribution in [1.29, 1.82) is 0 Å². The van der Waals surface area contributed by atoms with Crippen LogP contribution in [0.5, 0.6) is 0 Å². The van der Waals surface area contributed by atoms with Crippen molar-refractivity contribution in [1.82, 2.24) is 0 Å². The summed E-state index contributed by atoms with van der Waals surface area (Å²) in [5.41, 5.74) is 1.85. The Balaban J connectivity index is 2.44. The molecular weight excluding hydrogens is 355 g/mol. The zero-order valence-electron chi connectivity index (χ0n) is 16.3. The summed E-state index contributed by atoms with van der Waals surface area (Å²) in [7, 11) is 60.1. The van der Waals surface area contributed by atoms with Crippen molar-refractivity contribution in [3.63, 3.8) is 0 Å². The van der Waals surface area contributed by atoms with Gasteiger partial charge >= 0.3 is 0 Å². The quantitative estimate of drug-likeness (QED) is 0.399. The van der Waals surface area contributed by atoms with E-state index in [4.69, 9.17) is 78.5 Å². The number of halogens is 1. The molecule has 3 aromatic rings. The zero-order valence-corrected chi connectivity index (χ0v) is 16.3. The van der Waals surface area contributed by atoms with Gasteiger partial charge in [-0.3, -0.25) is 0 Å². The fraction of sp³-hybridized carbons (Fsp3) is 0.0526. The molecule has 30 heavy (non-hydrogen) atoms. The molecule has 0 amide bonds. The molecule has 3 rings (SSSR count). The minimum Gasteiger partial charge on any atom is -0.207 e. The summed E-state index contributed by atoms with van der Waals surface area (Å²) in [4.78, 5) is 0. The van der Waals surface area contributed by atoms with Gasteiger partial charge in [0.25, 0.3) is 0 Å². The minimum absolute atomic E-state index is 0.0410. The number of rotatable bonds is 2. The molecule has 0 nitrogen and oxygen atoms in total. The Morgan fingerprint density at radius 1 is 0.500 bits per heavy atom. The second kappa shape index (κ2) is 8.06. The Labute approximate surface area is 190 Å². The third-order valence-electron chi connectivity index (χ3n) is 5.30. The maximum absolute atomic E-state index is 15.0. The molecule has 118 valence electrons. The normalized spacial score (nSPS) is 11.0. The third-order valence-corrected chi connectivity index (χ3v) is 5.30. The molecule has 0 saturated carbocycles. The van der Waals surface area contributed by atoms with Crippen LogP contribution in [0.4, 0.5) is 4.39 Å². The van der Waals surface area contributed by atoms with E-state index < -0.39 is 5.82 Å². The second-order valence-electron chi connectivity index (χ2n) is 7.02. The van der Waals surface area contributed by atoms with Gasteiger partial charge < -0.3 is 0 Å². The van der Waals surface area contributed by atoms with E-state index >= 15 is 0 Å². The Morgan fingerprint density at radius 3 is 1.23 bits per heavy atom. The molecule has 0 aliphatic carbocycles. The highest BCUT2D eigenvalue weighted by Crippen LogP contribution is 2.28. The predicted molar refractivity (Wildman–Crippen MR) is 136 cm³/mol. The van der Waals surface area contributed by atoms with Crippen LogP contribution >= 0.6 is 0 Å². The van der Waals surface area contributed by atoms with Crippen molar-refractivity contribution in [2.45, 2.75) is 6.92 Å². The molecule has 0 aliphatic heterocycles. The standard InChI is InChI=1S/C19H5B10F/c1-4-6(9-12(22)16(26)19(29)17(27)13(9)23)2-5(3-7(4)30)8-10(20)14(24)18(28)15(25)11(8)21/h2-3H,1H3.